The average molecular weight is 416 g/mol. The Balaban J connectivity index is 1.63. The Labute approximate surface area is 176 Å². The molecule has 0 unspecified atom stereocenters. The quantitative estimate of drug-likeness (QED) is 0.338. The van der Waals surface area contributed by atoms with Crippen LogP contribution in [0, 0.1) is 0 Å². The average Bonchev–Trinajstić information content (AvgIpc) is 2.80. The Kier molecular flexibility index (Phi) is 4.37. The Morgan fingerprint density at radius 1 is 0.700 bits per heavy atom. The van der Waals surface area contributed by atoms with Crippen molar-refractivity contribution >= 4 is 45.2 Å². The van der Waals surface area contributed by atoms with Crippen LogP contribution in [-0.2, 0) is 9.47 Å². The maximum absolute atomic E-state index is 11.9. The van der Waals surface area contributed by atoms with E-state index >= 15 is 0 Å². The Bertz CT molecular complexity index is 1260. The topological polar surface area (TPSA) is 61.8 Å². The number of methoxy groups -OCH3 is 2. The summed E-state index contributed by atoms with van der Waals surface area (Å²) in [6, 6.07) is 18.7. The summed E-state index contributed by atoms with van der Waals surface area (Å²) in [6.45, 7) is 0. The molecule has 4 aromatic carbocycles. The van der Waals surface area contributed by atoms with Crippen LogP contribution >= 0.6 is 11.8 Å². The van der Waals surface area contributed by atoms with Crippen molar-refractivity contribution in [2.45, 2.75) is 9.79 Å². The standard InChI is InChI=1S/C24H16O5S/c1-27-23(25)15-3-7-17-13(11-15)5-9-19-21(17)30-22-18-8-4-16(24(26)28-2)12-14(18)6-10-20(22)29-19/h3-12H,1-2H3. The van der Waals surface area contributed by atoms with Gasteiger partial charge in [0.15, 0.2) is 0 Å². The molecule has 30 heavy (non-hydrogen) atoms. The van der Waals surface area contributed by atoms with E-state index in [0.717, 1.165) is 42.8 Å². The largest absolute Gasteiger partial charge is 0.465 e. The van der Waals surface area contributed by atoms with Gasteiger partial charge in [0.2, 0.25) is 0 Å². The lowest BCUT2D eigenvalue weighted by Crippen LogP contribution is -2.02. The van der Waals surface area contributed by atoms with Crippen LogP contribution in [0.1, 0.15) is 20.7 Å². The van der Waals surface area contributed by atoms with Crippen LogP contribution < -0.4 is 4.74 Å². The summed E-state index contributed by atoms with van der Waals surface area (Å²) in [4.78, 5) is 25.7. The molecule has 1 aliphatic heterocycles. The lowest BCUT2D eigenvalue weighted by Gasteiger charge is -2.22. The molecule has 0 saturated heterocycles. The number of hydrogen-bond acceptors (Lipinski definition) is 6. The second-order valence-corrected chi connectivity index (χ2v) is 7.87. The molecule has 148 valence electrons. The van der Waals surface area contributed by atoms with E-state index in [-0.39, 0.29) is 11.9 Å². The summed E-state index contributed by atoms with van der Waals surface area (Å²) in [5.41, 5.74) is 1.01. The van der Waals surface area contributed by atoms with E-state index < -0.39 is 0 Å². The van der Waals surface area contributed by atoms with E-state index in [9.17, 15) is 9.59 Å². The van der Waals surface area contributed by atoms with E-state index in [0.29, 0.717) is 11.1 Å². The zero-order valence-electron chi connectivity index (χ0n) is 16.2. The first-order chi connectivity index (χ1) is 14.6. The van der Waals surface area contributed by atoms with Crippen LogP contribution in [0.3, 0.4) is 0 Å². The van der Waals surface area contributed by atoms with Crippen molar-refractivity contribution in [3.05, 3.63) is 71.8 Å². The normalized spacial score (nSPS) is 12.1. The molecule has 0 fully saturated rings. The highest BCUT2D eigenvalue weighted by molar-refractivity contribution is 8.00. The first-order valence-electron chi connectivity index (χ1n) is 9.25. The van der Waals surface area contributed by atoms with Crippen LogP contribution in [0.2, 0.25) is 0 Å². The van der Waals surface area contributed by atoms with Crippen molar-refractivity contribution in [3.8, 4) is 11.5 Å². The molecule has 5 rings (SSSR count). The molecule has 4 aromatic rings. The fourth-order valence-corrected chi connectivity index (χ4v) is 4.86. The van der Waals surface area contributed by atoms with Gasteiger partial charge in [-0.15, -0.1) is 0 Å². The lowest BCUT2D eigenvalue weighted by atomic mass is 10.1. The molecule has 0 spiro atoms. The van der Waals surface area contributed by atoms with E-state index in [4.69, 9.17) is 14.2 Å². The predicted molar refractivity (Wildman–Crippen MR) is 115 cm³/mol. The van der Waals surface area contributed by atoms with Gasteiger partial charge >= 0.3 is 11.9 Å². The number of carbonyl (C=O) groups is 2. The van der Waals surface area contributed by atoms with Gasteiger partial charge in [0.25, 0.3) is 0 Å². The van der Waals surface area contributed by atoms with Gasteiger partial charge in [-0.05, 0) is 57.9 Å². The fourth-order valence-electron chi connectivity index (χ4n) is 3.64. The molecule has 0 aliphatic carbocycles. The smallest absolute Gasteiger partial charge is 0.337 e. The zero-order valence-corrected chi connectivity index (χ0v) is 17.0. The summed E-state index contributed by atoms with van der Waals surface area (Å²) in [5.74, 6) is 0.820. The molecule has 0 N–H and O–H groups in total. The van der Waals surface area contributed by atoms with Crippen LogP contribution in [0.25, 0.3) is 21.5 Å². The number of ether oxygens (including phenoxy) is 3. The first-order valence-corrected chi connectivity index (χ1v) is 10.1. The number of rotatable bonds is 2. The number of fused-ring (bicyclic) bond motifs is 6. The van der Waals surface area contributed by atoms with E-state index in [1.807, 2.05) is 48.5 Å². The number of benzene rings is 4. The van der Waals surface area contributed by atoms with E-state index in [2.05, 4.69) is 0 Å². The summed E-state index contributed by atoms with van der Waals surface area (Å²) in [7, 11) is 2.74. The molecule has 0 saturated carbocycles. The molecule has 1 heterocycles. The van der Waals surface area contributed by atoms with E-state index in [1.54, 1.807) is 23.9 Å². The Hall–Kier alpha value is -3.51. The second-order valence-electron chi connectivity index (χ2n) is 6.84. The highest BCUT2D eigenvalue weighted by Gasteiger charge is 2.23. The van der Waals surface area contributed by atoms with Crippen LogP contribution in [0.4, 0.5) is 0 Å². The molecule has 0 bridgehead atoms. The van der Waals surface area contributed by atoms with Gasteiger partial charge in [0, 0.05) is 0 Å². The van der Waals surface area contributed by atoms with Crippen molar-refractivity contribution in [2.75, 3.05) is 14.2 Å². The lowest BCUT2D eigenvalue weighted by molar-refractivity contribution is 0.0592. The second kappa shape index (κ2) is 7.07. The van der Waals surface area contributed by atoms with Crippen molar-refractivity contribution in [1.82, 2.24) is 0 Å². The third kappa shape index (κ3) is 2.88. The monoisotopic (exact) mass is 416 g/mol. The fraction of sp³-hybridized carbons (Fsp3) is 0.0833. The third-order valence-corrected chi connectivity index (χ3v) is 6.39. The molecule has 5 nitrogen and oxygen atoms in total. The molecule has 6 heteroatoms. The summed E-state index contributed by atoms with van der Waals surface area (Å²) in [6.07, 6.45) is 0. The van der Waals surface area contributed by atoms with Gasteiger partial charge < -0.3 is 14.2 Å². The third-order valence-electron chi connectivity index (χ3n) is 5.13. The molecular weight excluding hydrogens is 400 g/mol. The van der Waals surface area contributed by atoms with Gasteiger partial charge in [-0.3, -0.25) is 0 Å². The van der Waals surface area contributed by atoms with Crippen LogP contribution in [0.15, 0.2) is 70.5 Å². The highest BCUT2D eigenvalue weighted by Crippen LogP contribution is 2.52. The molecule has 0 amide bonds. The Morgan fingerprint density at radius 3 is 1.60 bits per heavy atom. The number of hydrogen-bond donors (Lipinski definition) is 0. The van der Waals surface area contributed by atoms with Crippen LogP contribution in [0.5, 0.6) is 11.5 Å². The molecule has 0 radical (unpaired) electrons. The first kappa shape index (κ1) is 18.5. The van der Waals surface area contributed by atoms with Crippen LogP contribution in [-0.4, -0.2) is 26.2 Å². The predicted octanol–water partition coefficient (Wildman–Crippen LogP) is 5.82. The Morgan fingerprint density at radius 2 is 1.17 bits per heavy atom. The summed E-state index contributed by atoms with van der Waals surface area (Å²) < 4.78 is 15.8. The maximum atomic E-state index is 11.9. The van der Waals surface area contributed by atoms with Gasteiger partial charge in [0.1, 0.15) is 11.5 Å². The van der Waals surface area contributed by atoms with Gasteiger partial charge in [-0.1, -0.05) is 36.0 Å². The highest BCUT2D eigenvalue weighted by atomic mass is 32.2. The van der Waals surface area contributed by atoms with Crippen molar-refractivity contribution in [2.24, 2.45) is 0 Å². The SMILES string of the molecule is COC(=O)c1ccc2c3c(ccc2c1)Oc1ccc2cc(C(=O)OC)ccc2c1S3. The minimum absolute atomic E-state index is 0.365. The zero-order chi connectivity index (χ0) is 20.8. The van der Waals surface area contributed by atoms with Gasteiger partial charge in [-0.2, -0.15) is 0 Å². The van der Waals surface area contributed by atoms with Gasteiger partial charge in [-0.25, -0.2) is 9.59 Å². The van der Waals surface area contributed by atoms with Gasteiger partial charge in [0.05, 0.1) is 35.1 Å². The summed E-state index contributed by atoms with van der Waals surface area (Å²) in [5, 5.41) is 3.87. The molecule has 1 aliphatic rings. The minimum atomic E-state index is -0.365. The number of carbonyl (C=O) groups excluding carboxylic acids is 2. The summed E-state index contributed by atoms with van der Waals surface area (Å²) >= 11 is 1.62. The minimum Gasteiger partial charge on any atom is -0.465 e. The van der Waals surface area contributed by atoms with Crippen molar-refractivity contribution in [1.29, 1.82) is 0 Å². The van der Waals surface area contributed by atoms with Crippen molar-refractivity contribution in [3.63, 3.8) is 0 Å². The maximum Gasteiger partial charge on any atom is 0.337 e. The molecule has 0 aromatic heterocycles. The van der Waals surface area contributed by atoms with Crippen molar-refractivity contribution < 1.29 is 23.8 Å². The number of esters is 2. The molecular formula is C24H16O5S. The molecule has 0 atom stereocenters. The van der Waals surface area contributed by atoms with E-state index in [1.165, 1.54) is 14.2 Å².